The molecule has 1 aromatic heterocycles. The normalized spacial score (nSPS) is 27.6. The summed E-state index contributed by atoms with van der Waals surface area (Å²) in [5.74, 6) is -0.314. The van der Waals surface area contributed by atoms with E-state index in [9.17, 15) is 4.39 Å². The largest absolute Gasteiger partial charge is 0.376 e. The van der Waals surface area contributed by atoms with Crippen LogP contribution in [-0.4, -0.2) is 29.8 Å². The zero-order chi connectivity index (χ0) is 12.4. The van der Waals surface area contributed by atoms with Gasteiger partial charge in [-0.2, -0.15) is 0 Å². The zero-order valence-electron chi connectivity index (χ0n) is 9.49. The first kappa shape index (κ1) is 12.5. The molecule has 1 aromatic rings. The fourth-order valence-corrected chi connectivity index (χ4v) is 2.05. The molecule has 94 valence electrons. The molecular formula is C11H15ClFN3O. The third-order valence-corrected chi connectivity index (χ3v) is 3.06. The van der Waals surface area contributed by atoms with Gasteiger partial charge in [0.2, 0.25) is 0 Å². The highest BCUT2D eigenvalue weighted by atomic mass is 35.5. The SMILES string of the molecule is CCOC1CC(N)C1Nc1ncc(Cl)cc1F. The van der Waals surface area contributed by atoms with Gasteiger partial charge >= 0.3 is 0 Å². The predicted molar refractivity (Wildman–Crippen MR) is 64.6 cm³/mol. The first-order valence-electron chi connectivity index (χ1n) is 5.56. The molecule has 0 saturated heterocycles. The summed E-state index contributed by atoms with van der Waals surface area (Å²) in [7, 11) is 0. The summed E-state index contributed by atoms with van der Waals surface area (Å²) in [4.78, 5) is 3.90. The van der Waals surface area contributed by atoms with Crippen molar-refractivity contribution in [1.29, 1.82) is 0 Å². The highest BCUT2D eigenvalue weighted by molar-refractivity contribution is 6.30. The van der Waals surface area contributed by atoms with E-state index in [1.54, 1.807) is 0 Å². The van der Waals surface area contributed by atoms with Gasteiger partial charge in [-0.15, -0.1) is 0 Å². The van der Waals surface area contributed by atoms with E-state index >= 15 is 0 Å². The number of aromatic nitrogens is 1. The van der Waals surface area contributed by atoms with Gasteiger partial charge in [-0.3, -0.25) is 0 Å². The molecule has 0 radical (unpaired) electrons. The van der Waals surface area contributed by atoms with Gasteiger partial charge in [-0.05, 0) is 19.4 Å². The standard InChI is InChI=1S/C11H15ClFN3O/c1-2-17-9-4-8(14)10(9)16-11-7(13)3-6(12)5-15-11/h3,5,8-10H,2,4,14H2,1H3,(H,15,16). The molecular weight excluding hydrogens is 245 g/mol. The summed E-state index contributed by atoms with van der Waals surface area (Å²) in [5, 5.41) is 3.23. The summed E-state index contributed by atoms with van der Waals surface area (Å²) in [6.45, 7) is 2.54. The highest BCUT2D eigenvalue weighted by Crippen LogP contribution is 2.27. The van der Waals surface area contributed by atoms with Gasteiger partial charge in [-0.1, -0.05) is 11.6 Å². The first-order valence-corrected chi connectivity index (χ1v) is 5.94. The van der Waals surface area contributed by atoms with Crippen LogP contribution in [0.25, 0.3) is 0 Å². The van der Waals surface area contributed by atoms with E-state index in [1.165, 1.54) is 12.3 Å². The fourth-order valence-electron chi connectivity index (χ4n) is 1.91. The topological polar surface area (TPSA) is 60.2 Å². The fraction of sp³-hybridized carbons (Fsp3) is 0.545. The lowest BCUT2D eigenvalue weighted by molar-refractivity contribution is -0.0128. The lowest BCUT2D eigenvalue weighted by Crippen LogP contribution is -2.60. The first-order chi connectivity index (χ1) is 8.11. The van der Waals surface area contributed by atoms with E-state index in [2.05, 4.69) is 10.3 Å². The summed E-state index contributed by atoms with van der Waals surface area (Å²) in [6.07, 6.45) is 2.19. The van der Waals surface area contributed by atoms with Crippen molar-refractivity contribution in [2.75, 3.05) is 11.9 Å². The molecule has 2 rings (SSSR count). The molecule has 1 aliphatic rings. The number of hydrogen-bond donors (Lipinski definition) is 2. The average molecular weight is 260 g/mol. The van der Waals surface area contributed by atoms with Crippen LogP contribution in [0.2, 0.25) is 5.02 Å². The van der Waals surface area contributed by atoms with E-state index in [4.69, 9.17) is 22.1 Å². The molecule has 0 aliphatic heterocycles. The Morgan fingerprint density at radius 2 is 2.47 bits per heavy atom. The van der Waals surface area contributed by atoms with Crippen LogP contribution >= 0.6 is 11.6 Å². The number of nitrogens with one attached hydrogen (secondary N) is 1. The smallest absolute Gasteiger partial charge is 0.166 e. The number of nitrogens with two attached hydrogens (primary N) is 1. The molecule has 3 unspecified atom stereocenters. The lowest BCUT2D eigenvalue weighted by Gasteiger charge is -2.42. The van der Waals surface area contributed by atoms with Crippen molar-refractivity contribution in [3.8, 4) is 0 Å². The summed E-state index contributed by atoms with van der Waals surface area (Å²) in [5.41, 5.74) is 5.85. The molecule has 0 spiro atoms. The number of hydrogen-bond acceptors (Lipinski definition) is 4. The Morgan fingerprint density at radius 3 is 3.06 bits per heavy atom. The molecule has 3 N–H and O–H groups in total. The Bertz CT molecular complexity index is 402. The second kappa shape index (κ2) is 5.16. The van der Waals surface area contributed by atoms with E-state index in [0.29, 0.717) is 6.61 Å². The van der Waals surface area contributed by atoms with Crippen molar-refractivity contribution in [2.24, 2.45) is 5.73 Å². The minimum Gasteiger partial charge on any atom is -0.376 e. The Labute approximate surface area is 104 Å². The van der Waals surface area contributed by atoms with Crippen LogP contribution in [0.3, 0.4) is 0 Å². The molecule has 1 fully saturated rings. The van der Waals surface area contributed by atoms with E-state index < -0.39 is 5.82 Å². The van der Waals surface area contributed by atoms with Crippen LogP contribution in [0.5, 0.6) is 0 Å². The van der Waals surface area contributed by atoms with E-state index in [0.717, 1.165) is 6.42 Å². The summed E-state index contributed by atoms with van der Waals surface area (Å²) < 4.78 is 19.0. The van der Waals surface area contributed by atoms with Crippen molar-refractivity contribution in [3.05, 3.63) is 23.1 Å². The minimum atomic E-state index is -0.480. The number of anilines is 1. The third-order valence-electron chi connectivity index (χ3n) is 2.86. The van der Waals surface area contributed by atoms with Gasteiger partial charge in [0.05, 0.1) is 17.2 Å². The molecule has 6 heteroatoms. The maximum atomic E-state index is 13.5. The van der Waals surface area contributed by atoms with Gasteiger partial charge in [-0.25, -0.2) is 9.37 Å². The van der Waals surface area contributed by atoms with Gasteiger partial charge in [0.1, 0.15) is 0 Å². The maximum absolute atomic E-state index is 13.5. The van der Waals surface area contributed by atoms with Gasteiger partial charge in [0, 0.05) is 18.8 Å². The van der Waals surface area contributed by atoms with Crippen molar-refractivity contribution in [1.82, 2.24) is 4.98 Å². The average Bonchev–Trinajstić information content (AvgIpc) is 2.27. The van der Waals surface area contributed by atoms with Crippen LogP contribution in [0.4, 0.5) is 10.2 Å². The summed E-state index contributed by atoms with van der Waals surface area (Å²) in [6, 6.07) is 1.08. The molecule has 4 nitrogen and oxygen atoms in total. The molecule has 0 amide bonds. The number of pyridine rings is 1. The minimum absolute atomic E-state index is 0.0203. The number of ether oxygens (including phenoxy) is 1. The van der Waals surface area contributed by atoms with Gasteiger partial charge in [0.15, 0.2) is 11.6 Å². The van der Waals surface area contributed by atoms with Crippen molar-refractivity contribution in [3.63, 3.8) is 0 Å². The molecule has 0 bridgehead atoms. The monoisotopic (exact) mass is 259 g/mol. The van der Waals surface area contributed by atoms with Crippen LogP contribution in [0.15, 0.2) is 12.3 Å². The Balaban J connectivity index is 2.04. The van der Waals surface area contributed by atoms with Gasteiger partial charge < -0.3 is 15.8 Å². The number of nitrogens with zero attached hydrogens (tertiary/aromatic N) is 1. The lowest BCUT2D eigenvalue weighted by atomic mass is 9.83. The van der Waals surface area contributed by atoms with Crippen molar-refractivity contribution >= 4 is 17.4 Å². The Kier molecular flexibility index (Phi) is 3.81. The molecule has 17 heavy (non-hydrogen) atoms. The molecule has 1 saturated carbocycles. The molecule has 3 atom stereocenters. The van der Waals surface area contributed by atoms with Crippen LogP contribution in [0, 0.1) is 5.82 Å². The highest BCUT2D eigenvalue weighted by Gasteiger charge is 2.39. The van der Waals surface area contributed by atoms with Crippen LogP contribution in [0.1, 0.15) is 13.3 Å². The van der Waals surface area contributed by atoms with E-state index in [-0.39, 0.29) is 29.0 Å². The van der Waals surface area contributed by atoms with Crippen molar-refractivity contribution in [2.45, 2.75) is 31.5 Å². The summed E-state index contributed by atoms with van der Waals surface area (Å²) >= 11 is 5.63. The number of halogens is 2. The third kappa shape index (κ3) is 2.68. The molecule has 0 aromatic carbocycles. The Hall–Kier alpha value is -0.910. The van der Waals surface area contributed by atoms with Crippen LogP contribution < -0.4 is 11.1 Å². The maximum Gasteiger partial charge on any atom is 0.166 e. The molecule has 1 heterocycles. The van der Waals surface area contributed by atoms with Crippen molar-refractivity contribution < 1.29 is 9.13 Å². The van der Waals surface area contributed by atoms with Gasteiger partial charge in [0.25, 0.3) is 0 Å². The number of rotatable bonds is 4. The van der Waals surface area contributed by atoms with E-state index in [1.807, 2.05) is 6.92 Å². The molecule has 1 aliphatic carbocycles. The second-order valence-corrected chi connectivity index (χ2v) is 4.48. The quantitative estimate of drug-likeness (QED) is 0.866. The zero-order valence-corrected chi connectivity index (χ0v) is 10.2. The Morgan fingerprint density at radius 1 is 1.71 bits per heavy atom. The second-order valence-electron chi connectivity index (χ2n) is 4.05. The van der Waals surface area contributed by atoms with Crippen LogP contribution in [-0.2, 0) is 4.74 Å². The predicted octanol–water partition coefficient (Wildman–Crippen LogP) is 1.79.